The number of nitrogens with two attached hydrogens (primary N) is 1. The van der Waals surface area contributed by atoms with Gasteiger partial charge in [0, 0.05) is 13.6 Å². The van der Waals surface area contributed by atoms with Gasteiger partial charge >= 0.3 is 0 Å². The fourth-order valence-corrected chi connectivity index (χ4v) is 3.08. The maximum atomic E-state index is 12.2. The van der Waals surface area contributed by atoms with Gasteiger partial charge in [-0.2, -0.15) is 5.26 Å². The van der Waals surface area contributed by atoms with Crippen LogP contribution in [0.4, 0.5) is 0 Å². The SMILES string of the molecule is CN(CCCN)S(=O)(=O)c1cc(C#N)ccc1Cl. The molecule has 0 amide bonds. The summed E-state index contributed by atoms with van der Waals surface area (Å²) in [6.07, 6.45) is 0.561. The van der Waals surface area contributed by atoms with E-state index in [2.05, 4.69) is 0 Å². The number of hydrogen-bond donors (Lipinski definition) is 1. The Balaban J connectivity index is 3.16. The van der Waals surface area contributed by atoms with E-state index >= 15 is 0 Å². The van der Waals surface area contributed by atoms with Gasteiger partial charge in [0.25, 0.3) is 0 Å². The van der Waals surface area contributed by atoms with Crippen molar-refractivity contribution < 1.29 is 8.42 Å². The van der Waals surface area contributed by atoms with Crippen LogP contribution in [-0.2, 0) is 10.0 Å². The fraction of sp³-hybridized carbons (Fsp3) is 0.364. The van der Waals surface area contributed by atoms with Gasteiger partial charge in [-0.3, -0.25) is 0 Å². The first kappa shape index (κ1) is 14.9. The smallest absolute Gasteiger partial charge is 0.244 e. The summed E-state index contributed by atoms with van der Waals surface area (Å²) in [6, 6.07) is 6.04. The molecule has 0 aromatic heterocycles. The van der Waals surface area contributed by atoms with E-state index in [0.717, 1.165) is 0 Å². The molecule has 0 bridgehead atoms. The molecule has 0 aliphatic carbocycles. The molecule has 0 fully saturated rings. The third-order valence-corrected chi connectivity index (χ3v) is 4.76. The fourth-order valence-electron chi connectivity index (χ4n) is 1.37. The van der Waals surface area contributed by atoms with Crippen LogP contribution in [0.2, 0.25) is 5.02 Å². The van der Waals surface area contributed by atoms with Crippen molar-refractivity contribution in [3.63, 3.8) is 0 Å². The van der Waals surface area contributed by atoms with Crippen LogP contribution in [0.5, 0.6) is 0 Å². The van der Waals surface area contributed by atoms with Crippen LogP contribution in [0.3, 0.4) is 0 Å². The molecule has 0 atom stereocenters. The molecule has 0 aliphatic heterocycles. The molecule has 1 aromatic carbocycles. The van der Waals surface area contributed by atoms with E-state index in [0.29, 0.717) is 19.5 Å². The molecule has 0 aliphatic rings. The number of hydrogen-bond acceptors (Lipinski definition) is 4. The molecule has 18 heavy (non-hydrogen) atoms. The number of nitrogens with zero attached hydrogens (tertiary/aromatic N) is 2. The largest absolute Gasteiger partial charge is 0.330 e. The number of halogens is 1. The summed E-state index contributed by atoms with van der Waals surface area (Å²) in [7, 11) is -2.22. The molecule has 0 unspecified atom stereocenters. The van der Waals surface area contributed by atoms with Crippen LogP contribution >= 0.6 is 11.6 Å². The van der Waals surface area contributed by atoms with Gasteiger partial charge in [0.05, 0.1) is 16.7 Å². The second-order valence-corrected chi connectivity index (χ2v) is 6.15. The molecule has 98 valence electrons. The van der Waals surface area contributed by atoms with Crippen LogP contribution in [0, 0.1) is 11.3 Å². The maximum Gasteiger partial charge on any atom is 0.244 e. The number of sulfonamides is 1. The lowest BCUT2D eigenvalue weighted by atomic mass is 10.2. The molecule has 7 heteroatoms. The van der Waals surface area contributed by atoms with E-state index in [-0.39, 0.29) is 15.5 Å². The summed E-state index contributed by atoms with van der Waals surface area (Å²) in [5, 5.41) is 8.89. The molecule has 0 heterocycles. The van der Waals surface area contributed by atoms with Gasteiger partial charge in [-0.05, 0) is 31.2 Å². The van der Waals surface area contributed by atoms with Gasteiger partial charge in [0.2, 0.25) is 10.0 Å². The van der Waals surface area contributed by atoms with E-state index < -0.39 is 10.0 Å². The zero-order chi connectivity index (χ0) is 13.8. The molecule has 0 radical (unpaired) electrons. The van der Waals surface area contributed by atoms with Crippen molar-refractivity contribution in [1.82, 2.24) is 4.31 Å². The van der Waals surface area contributed by atoms with Crippen LogP contribution in [0.15, 0.2) is 23.1 Å². The van der Waals surface area contributed by atoms with E-state index in [1.54, 1.807) is 0 Å². The maximum absolute atomic E-state index is 12.2. The molecule has 1 aromatic rings. The molecule has 0 spiro atoms. The van der Waals surface area contributed by atoms with Gasteiger partial charge in [-0.25, -0.2) is 12.7 Å². The average Bonchev–Trinajstić information content (AvgIpc) is 2.36. The quantitative estimate of drug-likeness (QED) is 0.881. The molecular formula is C11H14ClN3O2S. The Morgan fingerprint density at radius 2 is 2.17 bits per heavy atom. The summed E-state index contributed by atoms with van der Waals surface area (Å²) in [4.78, 5) is -0.0530. The lowest BCUT2D eigenvalue weighted by molar-refractivity contribution is 0.464. The topological polar surface area (TPSA) is 87.2 Å². The second kappa shape index (κ2) is 6.16. The van der Waals surface area contributed by atoms with Gasteiger partial charge < -0.3 is 5.73 Å². The standard InChI is InChI=1S/C11H14ClN3O2S/c1-15(6-2-5-13)18(16,17)11-7-9(8-14)3-4-10(11)12/h3-4,7H,2,5-6,13H2,1H3. The average molecular weight is 288 g/mol. The van der Waals surface area contributed by atoms with E-state index in [1.807, 2.05) is 6.07 Å². The van der Waals surface area contributed by atoms with Crippen LogP contribution < -0.4 is 5.73 Å². The highest BCUT2D eigenvalue weighted by Gasteiger charge is 2.23. The Bertz CT molecular complexity index is 566. The Morgan fingerprint density at radius 3 is 2.72 bits per heavy atom. The van der Waals surface area contributed by atoms with Gasteiger partial charge in [-0.15, -0.1) is 0 Å². The van der Waals surface area contributed by atoms with Crippen molar-refractivity contribution in [2.75, 3.05) is 20.1 Å². The molecule has 2 N–H and O–H groups in total. The minimum Gasteiger partial charge on any atom is -0.330 e. The predicted octanol–water partition coefficient (Wildman–Crippen LogP) is 1.18. The summed E-state index contributed by atoms with van der Waals surface area (Å²) in [5.74, 6) is 0. The normalized spacial score (nSPS) is 11.5. The zero-order valence-electron chi connectivity index (χ0n) is 9.93. The van der Waals surface area contributed by atoms with Crippen LogP contribution in [-0.4, -0.2) is 32.9 Å². The first-order valence-corrected chi connectivity index (χ1v) is 7.11. The van der Waals surface area contributed by atoms with E-state index in [9.17, 15) is 8.42 Å². The highest BCUT2D eigenvalue weighted by Crippen LogP contribution is 2.25. The summed E-state index contributed by atoms with van der Waals surface area (Å²) in [6.45, 7) is 0.720. The van der Waals surface area contributed by atoms with E-state index in [4.69, 9.17) is 22.6 Å². The predicted molar refractivity (Wildman–Crippen MR) is 69.7 cm³/mol. The monoisotopic (exact) mass is 287 g/mol. The number of benzene rings is 1. The minimum atomic E-state index is -3.68. The van der Waals surface area contributed by atoms with Crippen molar-refractivity contribution in [1.29, 1.82) is 5.26 Å². The Labute approximate surface area is 112 Å². The highest BCUT2D eigenvalue weighted by molar-refractivity contribution is 7.89. The lowest BCUT2D eigenvalue weighted by Gasteiger charge is -2.17. The van der Waals surface area contributed by atoms with Crippen molar-refractivity contribution in [2.24, 2.45) is 5.73 Å². The van der Waals surface area contributed by atoms with Gasteiger partial charge in [-0.1, -0.05) is 11.6 Å². The zero-order valence-corrected chi connectivity index (χ0v) is 11.5. The number of nitriles is 1. The summed E-state index contributed by atoms with van der Waals surface area (Å²) < 4.78 is 25.6. The van der Waals surface area contributed by atoms with Gasteiger partial charge in [0.15, 0.2) is 0 Å². The molecule has 0 saturated carbocycles. The van der Waals surface area contributed by atoms with Gasteiger partial charge in [0.1, 0.15) is 4.90 Å². The molecule has 0 saturated heterocycles. The van der Waals surface area contributed by atoms with Crippen LogP contribution in [0.1, 0.15) is 12.0 Å². The molecule has 5 nitrogen and oxygen atoms in total. The third kappa shape index (κ3) is 3.21. The highest BCUT2D eigenvalue weighted by atomic mass is 35.5. The first-order valence-electron chi connectivity index (χ1n) is 5.29. The van der Waals surface area contributed by atoms with E-state index in [1.165, 1.54) is 29.6 Å². The first-order chi connectivity index (χ1) is 8.43. The van der Waals surface area contributed by atoms with Crippen molar-refractivity contribution in [2.45, 2.75) is 11.3 Å². The molecular weight excluding hydrogens is 274 g/mol. The van der Waals surface area contributed by atoms with Crippen molar-refractivity contribution >= 4 is 21.6 Å². The Morgan fingerprint density at radius 1 is 1.50 bits per heavy atom. The third-order valence-electron chi connectivity index (χ3n) is 2.43. The number of rotatable bonds is 5. The van der Waals surface area contributed by atoms with Crippen molar-refractivity contribution in [3.8, 4) is 6.07 Å². The Kier molecular flexibility index (Phi) is 5.11. The second-order valence-electron chi connectivity index (χ2n) is 3.73. The molecule has 1 rings (SSSR count). The van der Waals surface area contributed by atoms with Crippen LogP contribution in [0.25, 0.3) is 0 Å². The minimum absolute atomic E-state index is 0.0530. The Hall–Kier alpha value is -1.13. The lowest BCUT2D eigenvalue weighted by Crippen LogP contribution is -2.29. The summed E-state index contributed by atoms with van der Waals surface area (Å²) >= 11 is 5.88. The van der Waals surface area contributed by atoms with Crippen molar-refractivity contribution in [3.05, 3.63) is 28.8 Å². The summed E-state index contributed by atoms with van der Waals surface area (Å²) in [5.41, 5.74) is 5.60.